The van der Waals surface area contributed by atoms with Gasteiger partial charge in [-0.15, -0.1) is 0 Å². The van der Waals surface area contributed by atoms with Crippen LogP contribution in [0, 0.1) is 0 Å². The van der Waals surface area contributed by atoms with Crippen LogP contribution in [0.15, 0.2) is 11.8 Å². The van der Waals surface area contributed by atoms with Gasteiger partial charge >= 0.3 is 6.03 Å². The molecule has 0 aromatic rings. The van der Waals surface area contributed by atoms with Gasteiger partial charge in [0.25, 0.3) is 0 Å². The van der Waals surface area contributed by atoms with E-state index in [1.54, 1.807) is 6.20 Å². The Labute approximate surface area is 85.3 Å². The van der Waals surface area contributed by atoms with Crippen LogP contribution in [-0.2, 0) is 0 Å². The van der Waals surface area contributed by atoms with Crippen LogP contribution in [0.2, 0.25) is 0 Å². The lowest BCUT2D eigenvalue weighted by Crippen LogP contribution is -2.49. The van der Waals surface area contributed by atoms with Crippen LogP contribution in [0.3, 0.4) is 0 Å². The first kappa shape index (κ1) is 11.0. The molecule has 1 rings (SSSR count). The molecule has 14 heavy (non-hydrogen) atoms. The van der Waals surface area contributed by atoms with E-state index in [1.807, 2.05) is 11.8 Å². The number of hydrogen-bond donors (Lipinski definition) is 2. The minimum absolute atomic E-state index is 0.0132. The summed E-state index contributed by atoms with van der Waals surface area (Å²) in [6.45, 7) is 7.46. The van der Waals surface area contributed by atoms with Crippen LogP contribution < -0.4 is 10.6 Å². The maximum absolute atomic E-state index is 11.6. The zero-order chi connectivity index (χ0) is 10.4. The summed E-state index contributed by atoms with van der Waals surface area (Å²) in [5, 5.41) is 6.01. The van der Waals surface area contributed by atoms with Gasteiger partial charge in [0.1, 0.15) is 0 Å². The summed E-state index contributed by atoms with van der Waals surface area (Å²) in [6.07, 6.45) is 2.77. The van der Waals surface area contributed by atoms with Crippen molar-refractivity contribution in [2.75, 3.05) is 26.2 Å². The number of allylic oxidation sites excluding steroid dienone is 1. The second-order valence-corrected chi connectivity index (χ2v) is 3.53. The number of carbonyl (C=O) groups excluding carboxylic acids is 1. The molecule has 1 fully saturated rings. The van der Waals surface area contributed by atoms with Gasteiger partial charge in [0.15, 0.2) is 0 Å². The summed E-state index contributed by atoms with van der Waals surface area (Å²) in [7, 11) is 0. The van der Waals surface area contributed by atoms with Gasteiger partial charge in [-0.1, -0.05) is 12.5 Å². The van der Waals surface area contributed by atoms with E-state index in [2.05, 4.69) is 17.6 Å². The molecule has 4 heteroatoms. The standard InChI is InChI=1S/C10H19N3O/c1-3-9(2)8-12-10(14)13-6-4-11-5-7-13/h8,11H,3-7H2,1-2H3,(H,12,14)/b9-8+. The van der Waals surface area contributed by atoms with Crippen LogP contribution in [0.25, 0.3) is 0 Å². The second-order valence-electron chi connectivity index (χ2n) is 3.53. The smallest absolute Gasteiger partial charge is 0.321 e. The fraction of sp³-hybridized carbons (Fsp3) is 0.700. The van der Waals surface area contributed by atoms with E-state index in [0.29, 0.717) is 0 Å². The summed E-state index contributed by atoms with van der Waals surface area (Å²) in [4.78, 5) is 13.4. The fourth-order valence-electron chi connectivity index (χ4n) is 1.25. The van der Waals surface area contributed by atoms with Gasteiger partial charge in [-0.3, -0.25) is 0 Å². The van der Waals surface area contributed by atoms with E-state index in [1.165, 1.54) is 5.57 Å². The van der Waals surface area contributed by atoms with Gasteiger partial charge in [0, 0.05) is 32.4 Å². The number of nitrogens with zero attached hydrogens (tertiary/aromatic N) is 1. The van der Waals surface area contributed by atoms with Crippen LogP contribution in [0.1, 0.15) is 20.3 Å². The van der Waals surface area contributed by atoms with Crippen molar-refractivity contribution in [3.63, 3.8) is 0 Å². The normalized spacial score (nSPS) is 18.1. The molecule has 0 bridgehead atoms. The lowest BCUT2D eigenvalue weighted by atomic mass is 10.3. The number of urea groups is 1. The van der Waals surface area contributed by atoms with Crippen molar-refractivity contribution in [2.45, 2.75) is 20.3 Å². The summed E-state index contributed by atoms with van der Waals surface area (Å²) < 4.78 is 0. The Balaban J connectivity index is 2.33. The first-order chi connectivity index (χ1) is 6.74. The second kappa shape index (κ2) is 5.65. The van der Waals surface area contributed by atoms with Crippen molar-refractivity contribution < 1.29 is 4.79 Å². The highest BCUT2D eigenvalue weighted by Gasteiger charge is 2.14. The Kier molecular flexibility index (Phi) is 4.46. The predicted octanol–water partition coefficient (Wildman–Crippen LogP) is 0.915. The Bertz CT molecular complexity index is 219. The molecule has 4 nitrogen and oxygen atoms in total. The number of rotatable bonds is 2. The highest BCUT2D eigenvalue weighted by molar-refractivity contribution is 5.75. The van der Waals surface area contributed by atoms with E-state index in [0.717, 1.165) is 32.6 Å². The number of hydrogen-bond acceptors (Lipinski definition) is 2. The average molecular weight is 197 g/mol. The van der Waals surface area contributed by atoms with E-state index >= 15 is 0 Å². The monoisotopic (exact) mass is 197 g/mol. The van der Waals surface area contributed by atoms with E-state index in [4.69, 9.17) is 0 Å². The minimum Gasteiger partial charge on any atom is -0.322 e. The third-order valence-corrected chi connectivity index (χ3v) is 2.40. The van der Waals surface area contributed by atoms with E-state index in [9.17, 15) is 4.79 Å². The molecule has 0 radical (unpaired) electrons. The highest BCUT2D eigenvalue weighted by atomic mass is 16.2. The first-order valence-corrected chi connectivity index (χ1v) is 5.16. The molecule has 2 N–H and O–H groups in total. The van der Waals surface area contributed by atoms with Crippen molar-refractivity contribution in [1.82, 2.24) is 15.5 Å². The number of piperazine rings is 1. The molecular formula is C10H19N3O. The molecule has 1 aliphatic rings. The third-order valence-electron chi connectivity index (χ3n) is 2.40. The highest BCUT2D eigenvalue weighted by Crippen LogP contribution is 1.97. The van der Waals surface area contributed by atoms with Gasteiger partial charge in [0.2, 0.25) is 0 Å². The van der Waals surface area contributed by atoms with Crippen molar-refractivity contribution in [3.8, 4) is 0 Å². The van der Waals surface area contributed by atoms with E-state index < -0.39 is 0 Å². The Morgan fingerprint density at radius 3 is 2.71 bits per heavy atom. The van der Waals surface area contributed by atoms with E-state index in [-0.39, 0.29) is 6.03 Å². The maximum atomic E-state index is 11.6. The van der Waals surface area contributed by atoms with Gasteiger partial charge in [-0.2, -0.15) is 0 Å². The van der Waals surface area contributed by atoms with Crippen LogP contribution in [0.5, 0.6) is 0 Å². The number of amides is 2. The van der Waals surface area contributed by atoms with Crippen molar-refractivity contribution >= 4 is 6.03 Å². The molecule has 1 saturated heterocycles. The number of nitrogens with one attached hydrogen (secondary N) is 2. The molecule has 1 aliphatic heterocycles. The molecule has 0 aromatic heterocycles. The predicted molar refractivity (Wildman–Crippen MR) is 57.0 cm³/mol. The van der Waals surface area contributed by atoms with Gasteiger partial charge in [0.05, 0.1) is 0 Å². The molecule has 0 aliphatic carbocycles. The lowest BCUT2D eigenvalue weighted by Gasteiger charge is -2.26. The lowest BCUT2D eigenvalue weighted by molar-refractivity contribution is 0.194. The topological polar surface area (TPSA) is 44.4 Å². The SMILES string of the molecule is CC/C(C)=C/NC(=O)N1CCNCC1. The van der Waals surface area contributed by atoms with Gasteiger partial charge < -0.3 is 15.5 Å². The van der Waals surface area contributed by atoms with Crippen LogP contribution in [0.4, 0.5) is 4.79 Å². The number of carbonyl (C=O) groups is 1. The first-order valence-electron chi connectivity index (χ1n) is 5.16. The maximum Gasteiger partial charge on any atom is 0.321 e. The molecular weight excluding hydrogens is 178 g/mol. The molecule has 0 saturated carbocycles. The van der Waals surface area contributed by atoms with Gasteiger partial charge in [-0.25, -0.2) is 4.79 Å². The Morgan fingerprint density at radius 2 is 2.14 bits per heavy atom. The molecule has 0 spiro atoms. The summed E-state index contributed by atoms with van der Waals surface area (Å²) in [6, 6.07) is 0.0132. The minimum atomic E-state index is 0.0132. The van der Waals surface area contributed by atoms with Crippen molar-refractivity contribution in [1.29, 1.82) is 0 Å². The molecule has 2 amide bonds. The molecule has 80 valence electrons. The summed E-state index contributed by atoms with van der Waals surface area (Å²) in [5.74, 6) is 0. The molecule has 1 heterocycles. The Hall–Kier alpha value is -1.03. The molecule has 0 atom stereocenters. The molecule has 0 aromatic carbocycles. The zero-order valence-corrected chi connectivity index (χ0v) is 8.97. The molecule has 0 unspecified atom stereocenters. The zero-order valence-electron chi connectivity index (χ0n) is 8.97. The Morgan fingerprint density at radius 1 is 1.50 bits per heavy atom. The van der Waals surface area contributed by atoms with Crippen LogP contribution >= 0.6 is 0 Å². The summed E-state index contributed by atoms with van der Waals surface area (Å²) in [5.41, 5.74) is 1.19. The summed E-state index contributed by atoms with van der Waals surface area (Å²) >= 11 is 0. The quantitative estimate of drug-likeness (QED) is 0.691. The third kappa shape index (κ3) is 3.38. The average Bonchev–Trinajstić information content (AvgIpc) is 2.26. The van der Waals surface area contributed by atoms with Crippen molar-refractivity contribution in [2.24, 2.45) is 0 Å². The van der Waals surface area contributed by atoms with Crippen LogP contribution in [-0.4, -0.2) is 37.1 Å². The fourth-order valence-corrected chi connectivity index (χ4v) is 1.25. The van der Waals surface area contributed by atoms with Crippen molar-refractivity contribution in [3.05, 3.63) is 11.8 Å². The largest absolute Gasteiger partial charge is 0.322 e. The van der Waals surface area contributed by atoms with Gasteiger partial charge in [-0.05, 0) is 13.3 Å².